The second-order valence-electron chi connectivity index (χ2n) is 8.38. The molecule has 1 saturated heterocycles. The topological polar surface area (TPSA) is 66.2 Å². The van der Waals surface area contributed by atoms with E-state index in [1.54, 1.807) is 7.11 Å². The minimum atomic E-state index is -0.533. The van der Waals surface area contributed by atoms with Crippen molar-refractivity contribution >= 4 is 0 Å². The van der Waals surface area contributed by atoms with Crippen LogP contribution in [0, 0.1) is 0 Å². The predicted octanol–water partition coefficient (Wildman–Crippen LogP) is 1.44. The summed E-state index contributed by atoms with van der Waals surface area (Å²) in [6.07, 6.45) is 3.43. The molecular formula is C23H37N5O3. The normalized spacial score (nSPS) is 16.6. The van der Waals surface area contributed by atoms with E-state index in [1.165, 1.54) is 5.56 Å². The lowest BCUT2D eigenvalue weighted by molar-refractivity contribution is 0.0497. The van der Waals surface area contributed by atoms with Gasteiger partial charge >= 0.3 is 0 Å². The van der Waals surface area contributed by atoms with Crippen molar-refractivity contribution in [2.24, 2.45) is 7.05 Å². The molecule has 0 saturated carbocycles. The van der Waals surface area contributed by atoms with Crippen LogP contribution in [-0.2, 0) is 20.1 Å². The van der Waals surface area contributed by atoms with Gasteiger partial charge in [0, 0.05) is 64.6 Å². The number of rotatable bonds is 11. The van der Waals surface area contributed by atoms with Crippen LogP contribution in [0.15, 0.2) is 30.6 Å². The average Bonchev–Trinajstić information content (AvgIpc) is 3.18. The molecule has 1 aromatic heterocycles. The van der Waals surface area contributed by atoms with Crippen LogP contribution in [-0.4, -0.2) is 95.7 Å². The number of hydrogen-bond acceptors (Lipinski definition) is 7. The van der Waals surface area contributed by atoms with E-state index in [1.807, 2.05) is 36.3 Å². The van der Waals surface area contributed by atoms with Crippen LogP contribution in [0.1, 0.15) is 18.1 Å². The van der Waals surface area contributed by atoms with E-state index < -0.39 is 6.10 Å². The van der Waals surface area contributed by atoms with E-state index in [0.29, 0.717) is 18.0 Å². The van der Waals surface area contributed by atoms with Gasteiger partial charge in [0.25, 0.3) is 0 Å². The summed E-state index contributed by atoms with van der Waals surface area (Å²) in [5, 5.41) is 14.7. The van der Waals surface area contributed by atoms with E-state index in [9.17, 15) is 5.11 Å². The standard InChI is InChI=1S/C23H37N5O3/c1-5-27(16-20-13-24-26(3)14-20)15-19-6-7-22(30-4)23(12-19)31-18-21(29)17-28-10-8-25(2)9-11-28/h6-7,12-14,21,29H,5,8-11,15-18H2,1-4H3. The Balaban J connectivity index is 1.56. The van der Waals surface area contributed by atoms with Crippen LogP contribution in [0.4, 0.5) is 0 Å². The fraction of sp³-hybridized carbons (Fsp3) is 0.609. The van der Waals surface area contributed by atoms with E-state index in [4.69, 9.17) is 9.47 Å². The molecule has 2 heterocycles. The Morgan fingerprint density at radius 1 is 1.10 bits per heavy atom. The van der Waals surface area contributed by atoms with Crippen LogP contribution < -0.4 is 9.47 Å². The van der Waals surface area contributed by atoms with Gasteiger partial charge in [0.05, 0.1) is 13.3 Å². The lowest BCUT2D eigenvalue weighted by Crippen LogP contribution is -2.47. The number of likely N-dealkylation sites (N-methyl/N-ethyl adjacent to an activating group) is 1. The Morgan fingerprint density at radius 3 is 2.48 bits per heavy atom. The van der Waals surface area contributed by atoms with Gasteiger partial charge in [0.1, 0.15) is 12.7 Å². The highest BCUT2D eigenvalue weighted by molar-refractivity contribution is 5.43. The maximum atomic E-state index is 10.5. The Kier molecular flexibility index (Phi) is 8.71. The van der Waals surface area contributed by atoms with Crippen molar-refractivity contribution in [3.63, 3.8) is 0 Å². The zero-order valence-electron chi connectivity index (χ0n) is 19.3. The zero-order valence-corrected chi connectivity index (χ0v) is 19.3. The number of methoxy groups -OCH3 is 1. The molecule has 3 rings (SSSR count). The number of benzene rings is 1. The van der Waals surface area contributed by atoms with Crippen LogP contribution in [0.25, 0.3) is 0 Å². The highest BCUT2D eigenvalue weighted by Gasteiger charge is 2.18. The maximum Gasteiger partial charge on any atom is 0.161 e. The molecule has 8 nitrogen and oxygen atoms in total. The van der Waals surface area contributed by atoms with E-state index >= 15 is 0 Å². The van der Waals surface area contributed by atoms with Crippen molar-refractivity contribution in [2.75, 3.05) is 60.0 Å². The third-order valence-electron chi connectivity index (χ3n) is 5.74. The molecule has 1 aliphatic rings. The number of aryl methyl sites for hydroxylation is 1. The summed E-state index contributed by atoms with van der Waals surface area (Å²) in [7, 11) is 5.71. The van der Waals surface area contributed by atoms with E-state index in [-0.39, 0.29) is 6.61 Å². The maximum absolute atomic E-state index is 10.5. The highest BCUT2D eigenvalue weighted by atomic mass is 16.5. The van der Waals surface area contributed by atoms with Crippen LogP contribution in [0.3, 0.4) is 0 Å². The smallest absolute Gasteiger partial charge is 0.161 e. The minimum Gasteiger partial charge on any atom is -0.493 e. The van der Waals surface area contributed by atoms with Gasteiger partial charge in [-0.1, -0.05) is 13.0 Å². The number of hydrogen-bond donors (Lipinski definition) is 1. The van der Waals surface area contributed by atoms with Crippen molar-refractivity contribution in [1.82, 2.24) is 24.5 Å². The van der Waals surface area contributed by atoms with Crippen LogP contribution >= 0.6 is 0 Å². The quantitative estimate of drug-likeness (QED) is 0.577. The zero-order chi connectivity index (χ0) is 22.2. The third-order valence-corrected chi connectivity index (χ3v) is 5.74. The van der Waals surface area contributed by atoms with Crippen molar-refractivity contribution in [3.05, 3.63) is 41.7 Å². The molecular weight excluding hydrogens is 394 g/mol. The number of aromatic nitrogens is 2. The van der Waals surface area contributed by atoms with Crippen molar-refractivity contribution in [1.29, 1.82) is 0 Å². The average molecular weight is 432 g/mol. The Hall–Kier alpha value is -2.13. The molecule has 1 aliphatic heterocycles. The van der Waals surface area contributed by atoms with Crippen LogP contribution in [0.5, 0.6) is 11.5 Å². The molecule has 1 N–H and O–H groups in total. The van der Waals surface area contributed by atoms with Gasteiger partial charge in [-0.3, -0.25) is 14.5 Å². The summed E-state index contributed by atoms with van der Waals surface area (Å²) >= 11 is 0. The number of aliphatic hydroxyl groups excluding tert-OH is 1. The Labute approximate surface area is 185 Å². The third kappa shape index (κ3) is 7.21. The van der Waals surface area contributed by atoms with Gasteiger partial charge in [-0.15, -0.1) is 0 Å². The molecule has 172 valence electrons. The molecule has 0 amide bonds. The predicted molar refractivity (Wildman–Crippen MR) is 121 cm³/mol. The second-order valence-corrected chi connectivity index (χ2v) is 8.38. The van der Waals surface area contributed by atoms with Gasteiger partial charge in [-0.05, 0) is 31.3 Å². The fourth-order valence-electron chi connectivity index (χ4n) is 3.85. The molecule has 0 radical (unpaired) electrons. The molecule has 0 spiro atoms. The summed E-state index contributed by atoms with van der Waals surface area (Å²) in [4.78, 5) is 6.95. The molecule has 0 aliphatic carbocycles. The SMILES string of the molecule is CCN(Cc1ccc(OC)c(OCC(O)CN2CCN(C)CC2)c1)Cc1cnn(C)c1. The first-order valence-corrected chi connectivity index (χ1v) is 11.1. The molecule has 0 bridgehead atoms. The summed E-state index contributed by atoms with van der Waals surface area (Å²) < 4.78 is 13.3. The second kappa shape index (κ2) is 11.5. The molecule has 31 heavy (non-hydrogen) atoms. The van der Waals surface area contributed by atoms with Crippen LogP contribution in [0.2, 0.25) is 0 Å². The van der Waals surface area contributed by atoms with Crippen molar-refractivity contribution in [2.45, 2.75) is 26.1 Å². The van der Waals surface area contributed by atoms with Gasteiger partial charge in [0.15, 0.2) is 11.5 Å². The number of aliphatic hydroxyl groups is 1. The first-order valence-electron chi connectivity index (χ1n) is 11.1. The molecule has 8 heteroatoms. The molecule has 1 fully saturated rings. The molecule has 2 aromatic rings. The van der Waals surface area contributed by atoms with Gasteiger partial charge in [-0.25, -0.2) is 0 Å². The highest BCUT2D eigenvalue weighted by Crippen LogP contribution is 2.29. The fourth-order valence-corrected chi connectivity index (χ4v) is 3.85. The largest absolute Gasteiger partial charge is 0.493 e. The molecule has 1 aromatic carbocycles. The number of β-amino-alcohol motifs (C(OH)–C–C–N with tert-alkyl or cyclic N) is 1. The monoisotopic (exact) mass is 431 g/mol. The Morgan fingerprint density at radius 2 is 1.84 bits per heavy atom. The lowest BCUT2D eigenvalue weighted by Gasteiger charge is -2.33. The first-order chi connectivity index (χ1) is 15.0. The summed E-state index contributed by atoms with van der Waals surface area (Å²) in [5.74, 6) is 1.36. The van der Waals surface area contributed by atoms with Gasteiger partial charge < -0.3 is 19.5 Å². The summed E-state index contributed by atoms with van der Waals surface area (Å²) in [6.45, 7) is 9.65. The minimum absolute atomic E-state index is 0.249. The lowest BCUT2D eigenvalue weighted by atomic mass is 10.1. The molecule has 1 unspecified atom stereocenters. The number of ether oxygens (including phenoxy) is 2. The van der Waals surface area contributed by atoms with Gasteiger partial charge in [0.2, 0.25) is 0 Å². The number of nitrogens with zero attached hydrogens (tertiary/aromatic N) is 5. The molecule has 1 atom stereocenters. The first kappa shape index (κ1) is 23.5. The van der Waals surface area contributed by atoms with Gasteiger partial charge in [-0.2, -0.15) is 5.10 Å². The van der Waals surface area contributed by atoms with E-state index in [2.05, 4.69) is 39.8 Å². The van der Waals surface area contributed by atoms with Crippen molar-refractivity contribution < 1.29 is 14.6 Å². The number of piperazine rings is 1. The summed E-state index contributed by atoms with van der Waals surface area (Å²) in [5.41, 5.74) is 2.34. The summed E-state index contributed by atoms with van der Waals surface area (Å²) in [6, 6.07) is 6.03. The van der Waals surface area contributed by atoms with E-state index in [0.717, 1.165) is 51.4 Å². The van der Waals surface area contributed by atoms with Crippen molar-refractivity contribution in [3.8, 4) is 11.5 Å². The Bertz CT molecular complexity index is 804.